The highest BCUT2D eigenvalue weighted by Crippen LogP contribution is 2.28. The molecule has 3 aromatic carbocycles. The van der Waals surface area contributed by atoms with Crippen LogP contribution in [0.25, 0.3) is 0 Å². The maximum absolute atomic E-state index is 12.0. The van der Waals surface area contributed by atoms with E-state index in [9.17, 15) is 9.59 Å². The van der Waals surface area contributed by atoms with Gasteiger partial charge in [0, 0.05) is 10.2 Å². The summed E-state index contributed by atoms with van der Waals surface area (Å²) in [4.78, 5) is 24.0. The van der Waals surface area contributed by atoms with E-state index in [1.165, 1.54) is 6.21 Å². The molecule has 0 bridgehead atoms. The molecule has 2 amide bonds. The van der Waals surface area contributed by atoms with Gasteiger partial charge in [-0.2, -0.15) is 5.10 Å². The average Bonchev–Trinajstić information content (AvgIpc) is 2.80. The number of benzene rings is 3. The second kappa shape index (κ2) is 11.8. The van der Waals surface area contributed by atoms with Gasteiger partial charge in [0.05, 0.1) is 13.3 Å². The van der Waals surface area contributed by atoms with Crippen LogP contribution in [0.4, 0.5) is 5.69 Å². The molecule has 0 radical (unpaired) electrons. The molecule has 0 saturated carbocycles. The van der Waals surface area contributed by atoms with E-state index in [1.807, 2.05) is 43.3 Å². The van der Waals surface area contributed by atoms with Crippen molar-refractivity contribution >= 4 is 39.6 Å². The summed E-state index contributed by atoms with van der Waals surface area (Å²) in [5.74, 6) is 0.201. The Morgan fingerprint density at radius 3 is 2.39 bits per heavy atom. The lowest BCUT2D eigenvalue weighted by Gasteiger charge is -2.11. The molecule has 3 aromatic rings. The molecule has 0 aliphatic carbocycles. The van der Waals surface area contributed by atoms with Crippen molar-refractivity contribution in [2.45, 2.75) is 20.0 Å². The van der Waals surface area contributed by atoms with Crippen molar-refractivity contribution < 1.29 is 19.1 Å². The Bertz CT molecular complexity index is 1130. The van der Waals surface area contributed by atoms with Crippen LogP contribution in [0.2, 0.25) is 0 Å². The number of rotatable bonds is 9. The molecule has 0 spiro atoms. The molecule has 0 aromatic heterocycles. The molecular weight excluding hydrogens is 486 g/mol. The summed E-state index contributed by atoms with van der Waals surface area (Å²) in [5, 5.41) is 6.59. The van der Waals surface area contributed by atoms with Crippen LogP contribution in [-0.4, -0.2) is 25.1 Å². The number of halogens is 1. The Morgan fingerprint density at radius 1 is 0.970 bits per heavy atom. The fourth-order valence-corrected chi connectivity index (χ4v) is 3.10. The zero-order chi connectivity index (χ0) is 23.6. The lowest BCUT2D eigenvalue weighted by atomic mass is 10.2. The largest absolute Gasteiger partial charge is 0.493 e. The summed E-state index contributed by atoms with van der Waals surface area (Å²) in [6.45, 7) is 2.36. The topological polar surface area (TPSA) is 89.0 Å². The molecule has 0 saturated heterocycles. The third-order valence-electron chi connectivity index (χ3n) is 4.55. The molecular formula is C25H24BrN3O4. The molecule has 0 fully saturated rings. The summed E-state index contributed by atoms with van der Waals surface area (Å²) in [7, 11) is 1.55. The van der Waals surface area contributed by atoms with Crippen molar-refractivity contribution in [1.82, 2.24) is 5.43 Å². The number of hydrogen-bond donors (Lipinski definition) is 2. The number of carbonyl (C=O) groups is 2. The predicted molar refractivity (Wildman–Crippen MR) is 132 cm³/mol. The van der Waals surface area contributed by atoms with E-state index >= 15 is 0 Å². The normalized spacial score (nSPS) is 10.6. The summed E-state index contributed by atoms with van der Waals surface area (Å²) in [5.41, 5.74) is 5.80. The van der Waals surface area contributed by atoms with Gasteiger partial charge >= 0.3 is 0 Å². The molecule has 0 aliphatic heterocycles. The summed E-state index contributed by atoms with van der Waals surface area (Å²) in [6.07, 6.45) is 1.13. The smallest absolute Gasteiger partial charge is 0.249 e. The minimum absolute atomic E-state index is 0.336. The number of carbonyl (C=O) groups excluding carboxylic acids is 2. The van der Waals surface area contributed by atoms with E-state index in [2.05, 4.69) is 31.8 Å². The van der Waals surface area contributed by atoms with E-state index in [1.54, 1.807) is 37.4 Å². The van der Waals surface area contributed by atoms with Crippen molar-refractivity contribution in [1.29, 1.82) is 0 Å². The van der Waals surface area contributed by atoms with Crippen LogP contribution >= 0.6 is 15.9 Å². The second-order valence-electron chi connectivity index (χ2n) is 7.21. The first-order valence-corrected chi connectivity index (χ1v) is 11.0. The van der Waals surface area contributed by atoms with Gasteiger partial charge in [-0.05, 0) is 60.5 Å². The number of ether oxygens (including phenoxy) is 2. The van der Waals surface area contributed by atoms with Crippen LogP contribution in [-0.2, 0) is 16.2 Å². The van der Waals surface area contributed by atoms with Crippen LogP contribution < -0.4 is 20.2 Å². The number of nitrogens with one attached hydrogen (secondary N) is 2. The zero-order valence-corrected chi connectivity index (χ0v) is 19.9. The van der Waals surface area contributed by atoms with Gasteiger partial charge in [0.1, 0.15) is 13.0 Å². The predicted octanol–water partition coefficient (Wildman–Crippen LogP) is 4.82. The first-order valence-electron chi connectivity index (χ1n) is 10.2. The lowest BCUT2D eigenvalue weighted by molar-refractivity contribution is -0.126. The number of hydrazone groups is 1. The Balaban J connectivity index is 1.50. The van der Waals surface area contributed by atoms with Crippen LogP contribution in [0.5, 0.6) is 11.5 Å². The first kappa shape index (κ1) is 24.0. The minimum Gasteiger partial charge on any atom is -0.493 e. The van der Waals surface area contributed by atoms with E-state index in [0.717, 1.165) is 15.6 Å². The SMILES string of the molecule is COc1cc(C=NNC(=O)CC(=O)Nc2ccc(C)cc2)ccc1OCc1ccc(Br)cc1. The monoisotopic (exact) mass is 509 g/mol. The third-order valence-corrected chi connectivity index (χ3v) is 5.08. The Morgan fingerprint density at radius 2 is 1.70 bits per heavy atom. The Hall–Kier alpha value is -3.65. The molecule has 3 rings (SSSR count). The highest BCUT2D eigenvalue weighted by molar-refractivity contribution is 9.10. The number of aryl methyl sites for hydroxylation is 1. The molecule has 0 aliphatic rings. The Labute approximate surface area is 200 Å². The van der Waals surface area contributed by atoms with Gasteiger partial charge in [0.2, 0.25) is 11.8 Å². The zero-order valence-electron chi connectivity index (χ0n) is 18.3. The van der Waals surface area contributed by atoms with E-state index < -0.39 is 11.8 Å². The van der Waals surface area contributed by atoms with Crippen LogP contribution in [0, 0.1) is 6.92 Å². The molecule has 0 atom stereocenters. The second-order valence-corrected chi connectivity index (χ2v) is 8.13. The minimum atomic E-state index is -0.516. The number of hydrogen-bond acceptors (Lipinski definition) is 5. The maximum Gasteiger partial charge on any atom is 0.249 e. The van der Waals surface area contributed by atoms with Gasteiger partial charge in [-0.15, -0.1) is 0 Å². The molecule has 170 valence electrons. The van der Waals surface area contributed by atoms with Crippen molar-refractivity contribution in [3.8, 4) is 11.5 Å². The molecule has 0 unspecified atom stereocenters. The van der Waals surface area contributed by atoms with Gasteiger partial charge in [0.25, 0.3) is 0 Å². The number of methoxy groups -OCH3 is 1. The van der Waals surface area contributed by atoms with Crippen LogP contribution in [0.1, 0.15) is 23.1 Å². The van der Waals surface area contributed by atoms with Crippen molar-refractivity contribution in [2.75, 3.05) is 12.4 Å². The number of amides is 2. The highest BCUT2D eigenvalue weighted by Gasteiger charge is 2.09. The Kier molecular flexibility index (Phi) is 8.60. The van der Waals surface area contributed by atoms with Crippen LogP contribution in [0.15, 0.2) is 76.3 Å². The van der Waals surface area contributed by atoms with Gasteiger partial charge in [0.15, 0.2) is 11.5 Å². The number of anilines is 1. The maximum atomic E-state index is 12.0. The summed E-state index contributed by atoms with van der Waals surface area (Å²) in [6, 6.07) is 20.5. The van der Waals surface area contributed by atoms with E-state index in [0.29, 0.717) is 29.4 Å². The molecule has 2 N–H and O–H groups in total. The van der Waals surface area contributed by atoms with Crippen LogP contribution in [0.3, 0.4) is 0 Å². The van der Waals surface area contributed by atoms with Crippen molar-refractivity contribution in [3.63, 3.8) is 0 Å². The fraction of sp³-hybridized carbons (Fsp3) is 0.160. The quantitative estimate of drug-likeness (QED) is 0.245. The van der Waals surface area contributed by atoms with Gasteiger partial charge in [-0.3, -0.25) is 9.59 Å². The molecule has 33 heavy (non-hydrogen) atoms. The van der Waals surface area contributed by atoms with Gasteiger partial charge < -0.3 is 14.8 Å². The highest BCUT2D eigenvalue weighted by atomic mass is 79.9. The van der Waals surface area contributed by atoms with E-state index in [-0.39, 0.29) is 6.42 Å². The van der Waals surface area contributed by atoms with Gasteiger partial charge in [-0.1, -0.05) is 45.8 Å². The molecule has 8 heteroatoms. The van der Waals surface area contributed by atoms with E-state index in [4.69, 9.17) is 9.47 Å². The van der Waals surface area contributed by atoms with Gasteiger partial charge in [-0.25, -0.2) is 5.43 Å². The lowest BCUT2D eigenvalue weighted by Crippen LogP contribution is -2.24. The molecule has 7 nitrogen and oxygen atoms in total. The van der Waals surface area contributed by atoms with Crippen molar-refractivity contribution in [2.24, 2.45) is 5.10 Å². The fourth-order valence-electron chi connectivity index (χ4n) is 2.83. The summed E-state index contributed by atoms with van der Waals surface area (Å²) < 4.78 is 12.3. The number of nitrogens with zero attached hydrogens (tertiary/aromatic N) is 1. The third kappa shape index (κ3) is 7.76. The molecule has 0 heterocycles. The standard InChI is InChI=1S/C25H24BrN3O4/c1-17-3-10-21(11-4-17)28-24(30)14-25(31)29-27-15-19-7-12-22(23(13-19)32-2)33-16-18-5-8-20(26)9-6-18/h3-13,15H,14,16H2,1-2H3,(H,28,30)(H,29,31). The van der Waals surface area contributed by atoms with Crippen molar-refractivity contribution in [3.05, 3.63) is 87.9 Å². The summed E-state index contributed by atoms with van der Waals surface area (Å²) >= 11 is 3.41. The average molecular weight is 510 g/mol. The first-order chi connectivity index (χ1) is 15.9.